The SMILES string of the molecule is CC1(C)Oc2ccc(C#N)cc2[C@@H](n2ccccc2=O)[C@@H]1O.CC1(C)Oc2ccc(C#N)cc2[C@@H](n2ccccc2=O)[C@@H]1O. The van der Waals surface area contributed by atoms with Crippen LogP contribution in [0.3, 0.4) is 0 Å². The predicted octanol–water partition coefficient (Wildman–Crippen LogP) is 3.68. The van der Waals surface area contributed by atoms with Gasteiger partial charge in [0, 0.05) is 35.7 Å². The van der Waals surface area contributed by atoms with E-state index in [4.69, 9.17) is 20.0 Å². The lowest BCUT2D eigenvalue weighted by Gasteiger charge is -2.42. The van der Waals surface area contributed by atoms with Gasteiger partial charge in [-0.15, -0.1) is 0 Å². The summed E-state index contributed by atoms with van der Waals surface area (Å²) in [5.41, 5.74) is 0.0855. The number of aliphatic hydroxyl groups excluding tert-OH is 2. The molecule has 10 heteroatoms. The molecule has 44 heavy (non-hydrogen) atoms. The minimum absolute atomic E-state index is 0.211. The van der Waals surface area contributed by atoms with Crippen LogP contribution in [0.5, 0.6) is 11.5 Å². The van der Waals surface area contributed by atoms with Crippen molar-refractivity contribution in [3.63, 3.8) is 0 Å². The van der Waals surface area contributed by atoms with E-state index in [0.29, 0.717) is 33.8 Å². The van der Waals surface area contributed by atoms with Gasteiger partial charge in [0.05, 0.1) is 35.3 Å². The lowest BCUT2D eigenvalue weighted by molar-refractivity contribution is -0.0643. The van der Waals surface area contributed by atoms with Crippen LogP contribution >= 0.6 is 0 Å². The van der Waals surface area contributed by atoms with E-state index in [1.54, 1.807) is 101 Å². The van der Waals surface area contributed by atoms with E-state index in [2.05, 4.69) is 12.1 Å². The highest BCUT2D eigenvalue weighted by molar-refractivity contribution is 5.48. The Morgan fingerprint density at radius 3 is 1.39 bits per heavy atom. The highest BCUT2D eigenvalue weighted by Crippen LogP contribution is 2.43. The van der Waals surface area contributed by atoms with Gasteiger partial charge in [-0.2, -0.15) is 10.5 Å². The van der Waals surface area contributed by atoms with Gasteiger partial charge in [-0.1, -0.05) is 12.1 Å². The summed E-state index contributed by atoms with van der Waals surface area (Å²) in [5, 5.41) is 39.6. The molecule has 2 aliphatic rings. The summed E-state index contributed by atoms with van der Waals surface area (Å²) in [4.78, 5) is 24.4. The molecule has 0 radical (unpaired) electrons. The zero-order valence-electron chi connectivity index (χ0n) is 24.7. The predicted molar refractivity (Wildman–Crippen MR) is 161 cm³/mol. The molecule has 0 fully saturated rings. The number of fused-ring (bicyclic) bond motifs is 2. The number of ether oxygens (including phenoxy) is 2. The summed E-state index contributed by atoms with van der Waals surface area (Å²) in [6, 6.07) is 22.7. The Hall–Kier alpha value is -5.16. The van der Waals surface area contributed by atoms with E-state index < -0.39 is 35.5 Å². The molecule has 4 heterocycles. The number of aromatic nitrogens is 2. The number of rotatable bonds is 2. The standard InChI is InChI=1S/2C17H16N2O3/c2*1-17(2)16(21)15(19-8-4-3-5-14(19)20)12-9-11(10-18)6-7-13(12)22-17/h2*3-9,15-16,21H,1-2H3/t2*15-,16+/m11/s1. The molecule has 2 aromatic heterocycles. The van der Waals surface area contributed by atoms with Crippen molar-refractivity contribution in [1.29, 1.82) is 10.5 Å². The van der Waals surface area contributed by atoms with E-state index in [1.165, 1.54) is 21.3 Å². The molecule has 4 atom stereocenters. The Kier molecular flexibility index (Phi) is 7.92. The molecule has 2 aromatic carbocycles. The second-order valence-electron chi connectivity index (χ2n) is 11.8. The number of nitriles is 2. The Labute approximate surface area is 254 Å². The van der Waals surface area contributed by atoms with Crippen LogP contribution in [0, 0.1) is 22.7 Å². The molecule has 0 bridgehead atoms. The first-order chi connectivity index (χ1) is 20.9. The van der Waals surface area contributed by atoms with E-state index in [0.717, 1.165) is 0 Å². The van der Waals surface area contributed by atoms with E-state index >= 15 is 0 Å². The molecule has 0 unspecified atom stereocenters. The van der Waals surface area contributed by atoms with E-state index in [9.17, 15) is 19.8 Å². The third-order valence-electron chi connectivity index (χ3n) is 7.99. The van der Waals surface area contributed by atoms with Gasteiger partial charge in [-0.3, -0.25) is 9.59 Å². The average molecular weight is 593 g/mol. The summed E-state index contributed by atoms with van der Waals surface area (Å²) in [6.45, 7) is 7.11. The normalized spacial score (nSPS) is 22.3. The summed E-state index contributed by atoms with van der Waals surface area (Å²) in [5.74, 6) is 1.16. The van der Waals surface area contributed by atoms with Crippen LogP contribution in [-0.2, 0) is 0 Å². The Morgan fingerprint density at radius 1 is 0.659 bits per heavy atom. The number of nitrogens with zero attached hydrogens (tertiary/aromatic N) is 4. The summed E-state index contributed by atoms with van der Waals surface area (Å²) in [7, 11) is 0. The lowest BCUT2D eigenvalue weighted by atomic mass is 9.85. The molecule has 4 aromatic rings. The molecular weight excluding hydrogens is 560 g/mol. The second-order valence-corrected chi connectivity index (χ2v) is 11.8. The summed E-state index contributed by atoms with van der Waals surface area (Å²) < 4.78 is 14.7. The molecule has 0 amide bonds. The maximum absolute atomic E-state index is 12.2. The third kappa shape index (κ3) is 5.49. The van der Waals surface area contributed by atoms with Gasteiger partial charge < -0.3 is 28.8 Å². The summed E-state index contributed by atoms with van der Waals surface area (Å²) >= 11 is 0. The van der Waals surface area contributed by atoms with Crippen LogP contribution in [0.15, 0.2) is 94.8 Å². The third-order valence-corrected chi connectivity index (χ3v) is 7.99. The lowest BCUT2D eigenvalue weighted by Crippen LogP contribution is -2.52. The van der Waals surface area contributed by atoms with E-state index in [1.807, 2.05) is 0 Å². The minimum Gasteiger partial charge on any atom is -0.485 e. The molecular formula is C34H32N4O6. The molecule has 10 nitrogen and oxygen atoms in total. The number of pyridine rings is 2. The maximum Gasteiger partial charge on any atom is 0.251 e. The van der Waals surface area contributed by atoms with Crippen molar-refractivity contribution in [2.24, 2.45) is 0 Å². The van der Waals surface area contributed by atoms with Crippen molar-refractivity contribution >= 4 is 0 Å². The molecule has 0 spiro atoms. The van der Waals surface area contributed by atoms with Crippen LogP contribution in [0.2, 0.25) is 0 Å². The van der Waals surface area contributed by atoms with Gasteiger partial charge in [-0.05, 0) is 76.2 Å². The van der Waals surface area contributed by atoms with E-state index in [-0.39, 0.29) is 11.1 Å². The van der Waals surface area contributed by atoms with Crippen LogP contribution in [0.1, 0.15) is 62.0 Å². The van der Waals surface area contributed by atoms with Crippen molar-refractivity contribution in [2.75, 3.05) is 0 Å². The largest absolute Gasteiger partial charge is 0.485 e. The zero-order valence-corrected chi connectivity index (χ0v) is 24.7. The van der Waals surface area contributed by atoms with Gasteiger partial charge in [-0.25, -0.2) is 0 Å². The van der Waals surface area contributed by atoms with Crippen molar-refractivity contribution in [3.05, 3.63) is 128 Å². The molecule has 0 aliphatic carbocycles. The van der Waals surface area contributed by atoms with Gasteiger partial charge in [0.1, 0.15) is 34.9 Å². The first kappa shape index (κ1) is 30.3. The highest BCUT2D eigenvalue weighted by atomic mass is 16.5. The van der Waals surface area contributed by atoms with Gasteiger partial charge in [0.25, 0.3) is 11.1 Å². The highest BCUT2D eigenvalue weighted by Gasteiger charge is 2.45. The van der Waals surface area contributed by atoms with Gasteiger partial charge in [0.2, 0.25) is 0 Å². The fourth-order valence-electron chi connectivity index (χ4n) is 5.62. The maximum atomic E-state index is 12.2. The first-order valence-electron chi connectivity index (χ1n) is 14.0. The summed E-state index contributed by atoms with van der Waals surface area (Å²) in [6.07, 6.45) is 1.43. The quantitative estimate of drug-likeness (QED) is 0.358. The molecule has 0 saturated carbocycles. The second kappa shape index (κ2) is 11.5. The minimum atomic E-state index is -0.922. The van der Waals surface area contributed by atoms with Crippen molar-refractivity contribution < 1.29 is 19.7 Å². The fourth-order valence-corrected chi connectivity index (χ4v) is 5.62. The Bertz CT molecular complexity index is 1770. The number of hydrogen-bond acceptors (Lipinski definition) is 8. The number of benzene rings is 2. The Morgan fingerprint density at radius 2 is 1.05 bits per heavy atom. The van der Waals surface area contributed by atoms with Crippen molar-refractivity contribution in [1.82, 2.24) is 9.13 Å². The van der Waals surface area contributed by atoms with Crippen LogP contribution in [-0.4, -0.2) is 42.8 Å². The van der Waals surface area contributed by atoms with Gasteiger partial charge in [0.15, 0.2) is 0 Å². The molecule has 2 aliphatic heterocycles. The number of aliphatic hydroxyl groups is 2. The van der Waals surface area contributed by atoms with Gasteiger partial charge >= 0.3 is 0 Å². The fraction of sp³-hybridized carbons (Fsp3) is 0.294. The monoisotopic (exact) mass is 592 g/mol. The average Bonchev–Trinajstić information content (AvgIpc) is 2.99. The van der Waals surface area contributed by atoms with Crippen molar-refractivity contribution in [2.45, 2.75) is 63.2 Å². The zero-order chi connectivity index (χ0) is 31.8. The van der Waals surface area contributed by atoms with Crippen LogP contribution in [0.25, 0.3) is 0 Å². The molecule has 0 saturated heterocycles. The van der Waals surface area contributed by atoms with Crippen LogP contribution < -0.4 is 20.6 Å². The molecule has 6 rings (SSSR count). The smallest absolute Gasteiger partial charge is 0.251 e. The van der Waals surface area contributed by atoms with Crippen LogP contribution in [0.4, 0.5) is 0 Å². The molecule has 224 valence electrons. The molecule has 2 N–H and O–H groups in total. The number of hydrogen-bond donors (Lipinski definition) is 2. The Balaban J connectivity index is 0.000000175. The first-order valence-corrected chi connectivity index (χ1v) is 14.0. The topological polar surface area (TPSA) is 150 Å². The van der Waals surface area contributed by atoms with Crippen molar-refractivity contribution in [3.8, 4) is 23.6 Å².